The van der Waals surface area contributed by atoms with Gasteiger partial charge in [0.2, 0.25) is 0 Å². The van der Waals surface area contributed by atoms with E-state index >= 15 is 0 Å². The van der Waals surface area contributed by atoms with Gasteiger partial charge in [0.05, 0.1) is 11.9 Å². The van der Waals surface area contributed by atoms with Crippen LogP contribution in [-0.4, -0.2) is 21.3 Å². The number of carboxylic acids is 1. The Morgan fingerprint density at radius 3 is 3.06 bits per heavy atom. The number of aliphatic carboxylic acids is 1. The van der Waals surface area contributed by atoms with Gasteiger partial charge in [0.25, 0.3) is 0 Å². The molecule has 0 bridgehead atoms. The van der Waals surface area contributed by atoms with Crippen LogP contribution in [0, 0.1) is 0 Å². The maximum absolute atomic E-state index is 10.6. The Balaban J connectivity index is 2.50. The van der Waals surface area contributed by atoms with Crippen LogP contribution in [0.4, 0.5) is 0 Å². The Bertz CT molecular complexity index is 538. The van der Waals surface area contributed by atoms with Gasteiger partial charge < -0.3 is 10.8 Å². The van der Waals surface area contributed by atoms with Crippen LogP contribution in [0.3, 0.4) is 0 Å². The lowest BCUT2D eigenvalue weighted by Crippen LogP contribution is -2.15. The highest BCUT2D eigenvalue weighted by Crippen LogP contribution is 2.29. The lowest BCUT2D eigenvalue weighted by Gasteiger charge is -2.10. The summed E-state index contributed by atoms with van der Waals surface area (Å²) in [7, 11) is 0. The molecule has 0 aliphatic carbocycles. The second kappa shape index (κ2) is 4.23. The number of nitrogens with zero attached hydrogens (tertiary/aromatic N) is 1. The third kappa shape index (κ3) is 1.94. The van der Waals surface area contributed by atoms with Gasteiger partial charge in [-0.15, -0.1) is 0 Å². The summed E-state index contributed by atoms with van der Waals surface area (Å²) < 4.78 is 0.721. The lowest BCUT2D eigenvalue weighted by molar-refractivity contribution is -0.137. The number of hydrogen-bond acceptors (Lipinski definition) is 3. The zero-order chi connectivity index (χ0) is 11.7. The molecular formula is C10H10BrN3O2. The van der Waals surface area contributed by atoms with Crippen LogP contribution in [0.2, 0.25) is 0 Å². The largest absolute Gasteiger partial charge is 0.481 e. The predicted molar refractivity (Wildman–Crippen MR) is 63.0 cm³/mol. The third-order valence-electron chi connectivity index (χ3n) is 2.36. The number of rotatable bonds is 3. The zero-order valence-electron chi connectivity index (χ0n) is 8.27. The fourth-order valence-corrected chi connectivity index (χ4v) is 2.18. The maximum Gasteiger partial charge on any atom is 0.305 e. The van der Waals surface area contributed by atoms with Gasteiger partial charge in [0.15, 0.2) is 0 Å². The van der Waals surface area contributed by atoms with Gasteiger partial charge in [0.1, 0.15) is 4.60 Å². The van der Waals surface area contributed by atoms with Crippen molar-refractivity contribution in [1.29, 1.82) is 0 Å². The van der Waals surface area contributed by atoms with Gasteiger partial charge >= 0.3 is 5.97 Å². The number of H-pyrrole nitrogens is 1. The van der Waals surface area contributed by atoms with Crippen LogP contribution in [0.15, 0.2) is 22.8 Å². The molecule has 0 fully saturated rings. The molecule has 5 nitrogen and oxygen atoms in total. The Kier molecular flexibility index (Phi) is 2.93. The van der Waals surface area contributed by atoms with Crippen molar-refractivity contribution in [2.45, 2.75) is 12.5 Å². The normalized spacial score (nSPS) is 12.9. The highest BCUT2D eigenvalue weighted by atomic mass is 79.9. The molecule has 6 heteroatoms. The number of hydrogen-bond donors (Lipinski definition) is 3. The number of halogens is 1. The van der Waals surface area contributed by atoms with Gasteiger partial charge in [-0.3, -0.25) is 9.89 Å². The molecule has 0 radical (unpaired) electrons. The quantitative estimate of drug-likeness (QED) is 0.801. The number of benzene rings is 1. The van der Waals surface area contributed by atoms with Crippen molar-refractivity contribution in [1.82, 2.24) is 10.2 Å². The monoisotopic (exact) mass is 283 g/mol. The van der Waals surface area contributed by atoms with Crippen molar-refractivity contribution >= 4 is 32.8 Å². The average molecular weight is 284 g/mol. The van der Waals surface area contributed by atoms with Crippen LogP contribution in [0.25, 0.3) is 10.9 Å². The highest BCUT2D eigenvalue weighted by molar-refractivity contribution is 9.10. The van der Waals surface area contributed by atoms with E-state index in [9.17, 15) is 4.79 Å². The van der Waals surface area contributed by atoms with Crippen molar-refractivity contribution in [2.75, 3.05) is 0 Å². The maximum atomic E-state index is 10.6. The molecule has 4 N–H and O–H groups in total. The first kappa shape index (κ1) is 11.1. The molecule has 1 heterocycles. The molecule has 1 aromatic carbocycles. The van der Waals surface area contributed by atoms with Crippen molar-refractivity contribution in [3.8, 4) is 0 Å². The second-order valence-corrected chi connectivity index (χ2v) is 4.28. The molecule has 1 atom stereocenters. The molecule has 2 rings (SSSR count). The van der Waals surface area contributed by atoms with Crippen LogP contribution in [0.1, 0.15) is 18.0 Å². The van der Waals surface area contributed by atoms with E-state index in [2.05, 4.69) is 26.1 Å². The molecule has 0 amide bonds. The Hall–Kier alpha value is -1.40. The fraction of sp³-hybridized carbons (Fsp3) is 0.200. The molecule has 16 heavy (non-hydrogen) atoms. The van der Waals surface area contributed by atoms with Crippen molar-refractivity contribution in [2.24, 2.45) is 5.73 Å². The van der Waals surface area contributed by atoms with E-state index in [4.69, 9.17) is 10.8 Å². The summed E-state index contributed by atoms with van der Waals surface area (Å²) in [5.41, 5.74) is 7.39. The SMILES string of the molecule is NC(CC(=O)O)c1cccc2n[nH]c(Br)c12. The molecule has 0 aliphatic rings. The number of aromatic amines is 1. The topological polar surface area (TPSA) is 92.0 Å². The van der Waals surface area contributed by atoms with E-state index in [0.29, 0.717) is 0 Å². The third-order valence-corrected chi connectivity index (χ3v) is 2.94. The summed E-state index contributed by atoms with van der Waals surface area (Å²) in [4.78, 5) is 10.6. The summed E-state index contributed by atoms with van der Waals surface area (Å²) >= 11 is 3.33. The van der Waals surface area contributed by atoms with E-state index in [1.54, 1.807) is 0 Å². The molecular weight excluding hydrogens is 274 g/mol. The number of nitrogens with one attached hydrogen (secondary N) is 1. The van der Waals surface area contributed by atoms with Crippen LogP contribution < -0.4 is 5.73 Å². The van der Waals surface area contributed by atoms with Gasteiger partial charge in [0, 0.05) is 11.4 Å². The number of carbonyl (C=O) groups is 1. The first-order valence-corrected chi connectivity index (χ1v) is 5.48. The minimum atomic E-state index is -0.913. The first-order valence-electron chi connectivity index (χ1n) is 4.69. The zero-order valence-corrected chi connectivity index (χ0v) is 9.86. The fourth-order valence-electron chi connectivity index (χ4n) is 1.66. The second-order valence-electron chi connectivity index (χ2n) is 3.48. The highest BCUT2D eigenvalue weighted by Gasteiger charge is 2.16. The predicted octanol–water partition coefficient (Wildman–Crippen LogP) is 1.80. The Morgan fingerprint density at radius 2 is 2.38 bits per heavy atom. The van der Waals surface area contributed by atoms with E-state index in [-0.39, 0.29) is 6.42 Å². The van der Waals surface area contributed by atoms with Gasteiger partial charge in [-0.1, -0.05) is 12.1 Å². The van der Waals surface area contributed by atoms with E-state index in [1.807, 2.05) is 18.2 Å². The van der Waals surface area contributed by atoms with Gasteiger partial charge in [-0.2, -0.15) is 5.10 Å². The molecule has 84 valence electrons. The number of carboxylic acid groups (broad SMARTS) is 1. The molecule has 1 aromatic heterocycles. The van der Waals surface area contributed by atoms with E-state index < -0.39 is 12.0 Å². The molecule has 0 spiro atoms. The van der Waals surface area contributed by atoms with Crippen molar-refractivity contribution < 1.29 is 9.90 Å². The van der Waals surface area contributed by atoms with Gasteiger partial charge in [-0.25, -0.2) is 0 Å². The first-order chi connectivity index (χ1) is 7.59. The van der Waals surface area contributed by atoms with Crippen molar-refractivity contribution in [3.05, 3.63) is 28.4 Å². The minimum Gasteiger partial charge on any atom is -0.481 e. The lowest BCUT2D eigenvalue weighted by atomic mass is 10.0. The molecule has 0 saturated carbocycles. The Morgan fingerprint density at radius 1 is 1.62 bits per heavy atom. The van der Waals surface area contributed by atoms with E-state index in [0.717, 1.165) is 21.1 Å². The molecule has 0 saturated heterocycles. The summed E-state index contributed by atoms with van der Waals surface area (Å²) in [6, 6.07) is 4.94. The number of nitrogens with two attached hydrogens (primary N) is 1. The summed E-state index contributed by atoms with van der Waals surface area (Å²) in [5, 5.41) is 16.4. The molecule has 1 unspecified atom stereocenters. The standard InChI is InChI=1S/C10H10BrN3O2/c11-10-9-5(6(12)4-8(15)16)2-1-3-7(9)13-14-10/h1-3,6H,4,12H2,(H,13,14)(H,15,16). The van der Waals surface area contributed by atoms with Crippen molar-refractivity contribution in [3.63, 3.8) is 0 Å². The number of aromatic nitrogens is 2. The molecule has 0 aliphatic heterocycles. The number of fused-ring (bicyclic) bond motifs is 1. The van der Waals surface area contributed by atoms with Crippen LogP contribution >= 0.6 is 15.9 Å². The van der Waals surface area contributed by atoms with E-state index in [1.165, 1.54) is 0 Å². The van der Waals surface area contributed by atoms with Crippen LogP contribution in [-0.2, 0) is 4.79 Å². The minimum absolute atomic E-state index is 0.100. The average Bonchev–Trinajstić information content (AvgIpc) is 2.59. The van der Waals surface area contributed by atoms with Gasteiger partial charge in [-0.05, 0) is 27.6 Å². The summed E-state index contributed by atoms with van der Waals surface area (Å²) in [5.74, 6) is -0.913. The smallest absolute Gasteiger partial charge is 0.305 e. The molecule has 2 aromatic rings. The van der Waals surface area contributed by atoms with Crippen LogP contribution in [0.5, 0.6) is 0 Å². The Labute approximate surface area is 99.8 Å². The summed E-state index contributed by atoms with van der Waals surface area (Å²) in [6.45, 7) is 0. The summed E-state index contributed by atoms with van der Waals surface area (Å²) in [6.07, 6.45) is -0.100.